The highest BCUT2D eigenvalue weighted by molar-refractivity contribution is 5.78. The lowest BCUT2D eigenvalue weighted by Crippen LogP contribution is -2.24. The number of carbonyl (C=O) groups excluding carboxylic acids is 1. The highest BCUT2D eigenvalue weighted by Gasteiger charge is 2.19. The molecule has 0 bridgehead atoms. The lowest BCUT2D eigenvalue weighted by atomic mass is 10.1. The fraction of sp³-hybridized carbons (Fsp3) is 0.316. The lowest BCUT2D eigenvalue weighted by Gasteiger charge is -2.10. The van der Waals surface area contributed by atoms with E-state index in [1.54, 1.807) is 0 Å². The van der Waals surface area contributed by atoms with Crippen molar-refractivity contribution in [3.8, 4) is 22.6 Å². The summed E-state index contributed by atoms with van der Waals surface area (Å²) < 4.78 is 2.06. The number of aromatic amines is 1. The number of benzene rings is 1. The van der Waals surface area contributed by atoms with Gasteiger partial charge in [-0.25, -0.2) is 9.97 Å². The minimum atomic E-state index is -0.0332. The molecule has 6 nitrogen and oxygen atoms in total. The number of nitrogens with zero attached hydrogens (tertiary/aromatic N) is 3. The third kappa shape index (κ3) is 3.63. The second-order valence-electron chi connectivity index (χ2n) is 5.99. The van der Waals surface area contributed by atoms with Crippen molar-refractivity contribution in [1.29, 1.82) is 0 Å². The molecule has 2 N–H and O–H groups in total. The van der Waals surface area contributed by atoms with Gasteiger partial charge < -0.3 is 14.9 Å². The quantitative estimate of drug-likeness (QED) is 0.726. The molecule has 1 aromatic carbocycles. The van der Waals surface area contributed by atoms with E-state index in [4.69, 9.17) is 4.98 Å². The number of hydrogen-bond donors (Lipinski definition) is 2. The number of carbonyl (C=O) groups is 1. The van der Waals surface area contributed by atoms with Crippen LogP contribution in [0.2, 0.25) is 0 Å². The third-order valence-electron chi connectivity index (χ3n) is 4.10. The number of amides is 1. The van der Waals surface area contributed by atoms with Crippen molar-refractivity contribution in [1.82, 2.24) is 24.8 Å². The van der Waals surface area contributed by atoms with Gasteiger partial charge in [-0.2, -0.15) is 0 Å². The first kappa shape index (κ1) is 17.0. The Balaban J connectivity index is 2.06. The van der Waals surface area contributed by atoms with Crippen LogP contribution < -0.4 is 5.32 Å². The van der Waals surface area contributed by atoms with Crippen molar-refractivity contribution in [2.24, 2.45) is 0 Å². The predicted octanol–water partition coefficient (Wildman–Crippen LogP) is 2.95. The summed E-state index contributed by atoms with van der Waals surface area (Å²) in [7, 11) is 0. The average Bonchev–Trinajstić information content (AvgIpc) is 3.18. The summed E-state index contributed by atoms with van der Waals surface area (Å²) in [4.78, 5) is 23.9. The highest BCUT2D eigenvalue weighted by atomic mass is 16.1. The molecule has 130 valence electrons. The summed E-state index contributed by atoms with van der Waals surface area (Å²) in [5, 5.41) is 2.84. The van der Waals surface area contributed by atoms with Crippen LogP contribution in [0.4, 0.5) is 0 Å². The first-order valence-corrected chi connectivity index (χ1v) is 8.51. The molecular weight excluding hydrogens is 314 g/mol. The van der Waals surface area contributed by atoms with Gasteiger partial charge in [-0.15, -0.1) is 0 Å². The van der Waals surface area contributed by atoms with E-state index in [9.17, 15) is 4.79 Å². The van der Waals surface area contributed by atoms with E-state index in [1.807, 2.05) is 43.6 Å². The van der Waals surface area contributed by atoms with E-state index in [0.717, 1.165) is 40.6 Å². The molecule has 25 heavy (non-hydrogen) atoms. The first-order valence-electron chi connectivity index (χ1n) is 8.51. The van der Waals surface area contributed by atoms with Crippen LogP contribution in [0.5, 0.6) is 0 Å². The van der Waals surface area contributed by atoms with Gasteiger partial charge in [0.15, 0.2) is 0 Å². The normalized spacial score (nSPS) is 10.8. The van der Waals surface area contributed by atoms with Gasteiger partial charge in [0.25, 0.3) is 0 Å². The van der Waals surface area contributed by atoms with Crippen LogP contribution in [-0.4, -0.2) is 32.0 Å². The Morgan fingerprint density at radius 2 is 2.00 bits per heavy atom. The molecule has 1 amide bonds. The molecule has 0 spiro atoms. The molecule has 0 unspecified atom stereocenters. The monoisotopic (exact) mass is 337 g/mol. The van der Waals surface area contributed by atoms with Crippen molar-refractivity contribution in [3.05, 3.63) is 48.2 Å². The van der Waals surface area contributed by atoms with E-state index in [2.05, 4.69) is 26.8 Å². The van der Waals surface area contributed by atoms with E-state index in [1.165, 1.54) is 6.92 Å². The highest BCUT2D eigenvalue weighted by Crippen LogP contribution is 2.32. The van der Waals surface area contributed by atoms with Crippen LogP contribution in [0.15, 0.2) is 36.7 Å². The second-order valence-corrected chi connectivity index (χ2v) is 5.99. The molecule has 3 rings (SSSR count). The number of rotatable bonds is 6. The van der Waals surface area contributed by atoms with E-state index in [-0.39, 0.29) is 5.91 Å². The fourth-order valence-corrected chi connectivity index (χ4v) is 2.88. The summed E-state index contributed by atoms with van der Waals surface area (Å²) in [5.41, 5.74) is 4.87. The molecule has 0 atom stereocenters. The number of hydrogen-bond acceptors (Lipinski definition) is 3. The zero-order valence-electron chi connectivity index (χ0n) is 14.8. The Labute approximate surface area is 147 Å². The van der Waals surface area contributed by atoms with Gasteiger partial charge in [-0.1, -0.05) is 37.3 Å². The Bertz CT molecular complexity index is 863. The SMILES string of the molecule is CCc1nc(-c2c(-c3ccccc3)ncn2CCNC(C)=O)c(C)[nH]1. The number of aryl methyl sites for hydroxylation is 2. The summed E-state index contributed by atoms with van der Waals surface area (Å²) in [6.45, 7) is 6.82. The molecule has 0 saturated carbocycles. The third-order valence-corrected chi connectivity index (χ3v) is 4.10. The Hall–Kier alpha value is -2.89. The van der Waals surface area contributed by atoms with Crippen molar-refractivity contribution in [2.45, 2.75) is 33.7 Å². The maximum Gasteiger partial charge on any atom is 0.216 e. The predicted molar refractivity (Wildman–Crippen MR) is 98.0 cm³/mol. The minimum Gasteiger partial charge on any atom is -0.355 e. The molecule has 0 aliphatic rings. The molecule has 0 saturated heterocycles. The van der Waals surface area contributed by atoms with Crippen LogP contribution in [0.3, 0.4) is 0 Å². The summed E-state index contributed by atoms with van der Waals surface area (Å²) in [5.74, 6) is 0.926. The summed E-state index contributed by atoms with van der Waals surface area (Å²) >= 11 is 0. The minimum absolute atomic E-state index is 0.0332. The van der Waals surface area contributed by atoms with Gasteiger partial charge >= 0.3 is 0 Å². The number of aromatic nitrogens is 4. The average molecular weight is 337 g/mol. The Kier molecular flexibility index (Phi) is 4.97. The molecular formula is C19H23N5O. The summed E-state index contributed by atoms with van der Waals surface area (Å²) in [6.07, 6.45) is 2.67. The van der Waals surface area contributed by atoms with Gasteiger partial charge in [-0.05, 0) is 6.92 Å². The van der Waals surface area contributed by atoms with Crippen LogP contribution in [0, 0.1) is 6.92 Å². The van der Waals surface area contributed by atoms with Crippen molar-refractivity contribution >= 4 is 5.91 Å². The zero-order chi connectivity index (χ0) is 17.8. The maximum atomic E-state index is 11.2. The van der Waals surface area contributed by atoms with Gasteiger partial charge in [0, 0.05) is 37.7 Å². The fourth-order valence-electron chi connectivity index (χ4n) is 2.88. The van der Waals surface area contributed by atoms with E-state index < -0.39 is 0 Å². The molecule has 3 aromatic rings. The summed E-state index contributed by atoms with van der Waals surface area (Å²) in [6, 6.07) is 10.1. The second kappa shape index (κ2) is 7.34. The van der Waals surface area contributed by atoms with E-state index >= 15 is 0 Å². The molecule has 0 radical (unpaired) electrons. The Morgan fingerprint density at radius 3 is 2.64 bits per heavy atom. The van der Waals surface area contributed by atoms with Crippen molar-refractivity contribution < 1.29 is 4.79 Å². The lowest BCUT2D eigenvalue weighted by molar-refractivity contribution is -0.118. The molecule has 2 heterocycles. The van der Waals surface area contributed by atoms with Gasteiger partial charge in [-0.3, -0.25) is 4.79 Å². The molecule has 0 aliphatic carbocycles. The van der Waals surface area contributed by atoms with Crippen LogP contribution in [-0.2, 0) is 17.8 Å². The smallest absolute Gasteiger partial charge is 0.216 e. The maximum absolute atomic E-state index is 11.2. The number of nitrogens with one attached hydrogen (secondary N) is 2. The first-order chi connectivity index (χ1) is 12.1. The molecule has 0 fully saturated rings. The van der Waals surface area contributed by atoms with Crippen molar-refractivity contribution in [2.75, 3.05) is 6.54 Å². The molecule has 0 aliphatic heterocycles. The topological polar surface area (TPSA) is 75.6 Å². The largest absolute Gasteiger partial charge is 0.355 e. The Morgan fingerprint density at radius 1 is 1.24 bits per heavy atom. The van der Waals surface area contributed by atoms with Crippen molar-refractivity contribution in [3.63, 3.8) is 0 Å². The van der Waals surface area contributed by atoms with Gasteiger partial charge in [0.2, 0.25) is 5.91 Å². The van der Waals surface area contributed by atoms with Crippen LogP contribution >= 0.6 is 0 Å². The molecule has 2 aromatic heterocycles. The standard InChI is InChI=1S/C19H23N5O/c1-4-16-22-13(2)17(23-16)19-18(15-8-6-5-7-9-15)21-12-24(19)11-10-20-14(3)25/h5-9,12H,4,10-11H2,1-3H3,(H,20,25)(H,22,23). The van der Waals surface area contributed by atoms with Crippen LogP contribution in [0.25, 0.3) is 22.6 Å². The zero-order valence-corrected chi connectivity index (χ0v) is 14.8. The molecule has 6 heteroatoms. The van der Waals surface area contributed by atoms with Crippen LogP contribution in [0.1, 0.15) is 25.4 Å². The van der Waals surface area contributed by atoms with Gasteiger partial charge in [0.05, 0.1) is 17.7 Å². The van der Waals surface area contributed by atoms with E-state index in [0.29, 0.717) is 13.1 Å². The number of H-pyrrole nitrogens is 1. The van der Waals surface area contributed by atoms with Gasteiger partial charge in [0.1, 0.15) is 11.5 Å². The number of imidazole rings is 2.